The standard InChI is InChI=1S/C22H19N3O2/c1-27-20-12-6-16(7-13-20)14-22(26)25-19-10-8-18(9-11-19)24-21-5-3-2-4-17(21)15-23/h2-13,24H,14H2,1H3,(H,25,26). The van der Waals surface area contributed by atoms with E-state index in [-0.39, 0.29) is 5.91 Å². The van der Waals surface area contributed by atoms with Gasteiger partial charge in [0, 0.05) is 11.4 Å². The number of amides is 1. The minimum Gasteiger partial charge on any atom is -0.497 e. The van der Waals surface area contributed by atoms with Gasteiger partial charge in [0.15, 0.2) is 0 Å². The van der Waals surface area contributed by atoms with Crippen molar-refractivity contribution >= 4 is 23.0 Å². The third-order valence-corrected chi connectivity index (χ3v) is 4.02. The smallest absolute Gasteiger partial charge is 0.228 e. The Kier molecular flexibility index (Phi) is 5.70. The van der Waals surface area contributed by atoms with Gasteiger partial charge < -0.3 is 15.4 Å². The lowest BCUT2D eigenvalue weighted by Gasteiger charge is -2.10. The van der Waals surface area contributed by atoms with Gasteiger partial charge in [-0.05, 0) is 54.1 Å². The van der Waals surface area contributed by atoms with Gasteiger partial charge in [-0.3, -0.25) is 4.79 Å². The van der Waals surface area contributed by atoms with Gasteiger partial charge in [0.05, 0.1) is 24.8 Å². The molecule has 0 aliphatic rings. The molecule has 0 atom stereocenters. The van der Waals surface area contributed by atoms with Crippen LogP contribution in [0.15, 0.2) is 72.8 Å². The van der Waals surface area contributed by atoms with Crippen molar-refractivity contribution in [3.63, 3.8) is 0 Å². The molecule has 2 N–H and O–H groups in total. The molecule has 1 amide bonds. The van der Waals surface area contributed by atoms with E-state index in [4.69, 9.17) is 10.00 Å². The Morgan fingerprint density at radius 3 is 2.30 bits per heavy atom. The molecule has 3 rings (SSSR count). The number of ether oxygens (including phenoxy) is 1. The zero-order valence-electron chi connectivity index (χ0n) is 14.9. The van der Waals surface area contributed by atoms with Crippen molar-refractivity contribution in [1.82, 2.24) is 0 Å². The van der Waals surface area contributed by atoms with Crippen molar-refractivity contribution in [1.29, 1.82) is 5.26 Å². The molecular formula is C22H19N3O2. The van der Waals surface area contributed by atoms with E-state index in [1.807, 2.05) is 66.7 Å². The third kappa shape index (κ3) is 4.86. The minimum absolute atomic E-state index is 0.0873. The molecule has 0 saturated carbocycles. The van der Waals surface area contributed by atoms with Crippen LogP contribution in [-0.2, 0) is 11.2 Å². The highest BCUT2D eigenvalue weighted by Crippen LogP contribution is 2.22. The molecule has 0 spiro atoms. The van der Waals surface area contributed by atoms with E-state index in [0.29, 0.717) is 17.7 Å². The van der Waals surface area contributed by atoms with Gasteiger partial charge in [0.25, 0.3) is 0 Å². The van der Waals surface area contributed by atoms with Crippen molar-refractivity contribution in [3.05, 3.63) is 83.9 Å². The number of nitrogens with one attached hydrogen (secondary N) is 2. The molecule has 5 heteroatoms. The number of para-hydroxylation sites is 1. The van der Waals surface area contributed by atoms with E-state index in [1.54, 1.807) is 13.2 Å². The summed E-state index contributed by atoms with van der Waals surface area (Å²) in [6.07, 6.45) is 0.291. The van der Waals surface area contributed by atoms with E-state index < -0.39 is 0 Å². The lowest BCUT2D eigenvalue weighted by Crippen LogP contribution is -2.14. The molecule has 0 bridgehead atoms. The monoisotopic (exact) mass is 357 g/mol. The summed E-state index contributed by atoms with van der Waals surface area (Å²) in [5, 5.41) is 15.2. The first-order chi connectivity index (χ1) is 13.2. The third-order valence-electron chi connectivity index (χ3n) is 4.02. The number of anilines is 3. The summed E-state index contributed by atoms with van der Waals surface area (Å²) in [7, 11) is 1.61. The van der Waals surface area contributed by atoms with Crippen LogP contribution in [0.4, 0.5) is 17.1 Å². The van der Waals surface area contributed by atoms with Crippen LogP contribution in [0.1, 0.15) is 11.1 Å². The van der Waals surface area contributed by atoms with E-state index in [1.165, 1.54) is 0 Å². The number of carbonyl (C=O) groups is 1. The molecule has 0 fully saturated rings. The molecule has 134 valence electrons. The van der Waals surface area contributed by atoms with Crippen molar-refractivity contribution in [3.8, 4) is 11.8 Å². The maximum atomic E-state index is 12.2. The summed E-state index contributed by atoms with van der Waals surface area (Å²) >= 11 is 0. The van der Waals surface area contributed by atoms with Crippen LogP contribution in [0, 0.1) is 11.3 Å². The Morgan fingerprint density at radius 1 is 0.963 bits per heavy atom. The topological polar surface area (TPSA) is 74.2 Å². The van der Waals surface area contributed by atoms with Crippen LogP contribution in [0.3, 0.4) is 0 Å². The number of carbonyl (C=O) groups excluding carboxylic acids is 1. The maximum absolute atomic E-state index is 12.2. The van der Waals surface area contributed by atoms with Crippen molar-refractivity contribution in [2.24, 2.45) is 0 Å². The fourth-order valence-electron chi connectivity index (χ4n) is 2.62. The van der Waals surface area contributed by atoms with Crippen molar-refractivity contribution in [2.75, 3.05) is 17.7 Å². The number of benzene rings is 3. The summed E-state index contributed by atoms with van der Waals surface area (Å²) in [4.78, 5) is 12.2. The first-order valence-electron chi connectivity index (χ1n) is 8.47. The number of methoxy groups -OCH3 is 1. The second-order valence-electron chi connectivity index (χ2n) is 5.93. The average molecular weight is 357 g/mol. The van der Waals surface area contributed by atoms with Crippen LogP contribution in [0.5, 0.6) is 5.75 Å². The highest BCUT2D eigenvalue weighted by atomic mass is 16.5. The molecule has 0 aliphatic heterocycles. The number of nitriles is 1. The molecule has 0 aromatic heterocycles. The highest BCUT2D eigenvalue weighted by Gasteiger charge is 2.05. The predicted molar refractivity (Wildman–Crippen MR) is 106 cm³/mol. The highest BCUT2D eigenvalue weighted by molar-refractivity contribution is 5.92. The Hall–Kier alpha value is -3.78. The summed E-state index contributed by atoms with van der Waals surface area (Å²) in [6.45, 7) is 0. The van der Waals surface area contributed by atoms with Crippen LogP contribution in [-0.4, -0.2) is 13.0 Å². The molecule has 3 aromatic rings. The van der Waals surface area contributed by atoms with Gasteiger partial charge in [-0.1, -0.05) is 24.3 Å². The van der Waals surface area contributed by atoms with Crippen LogP contribution in [0.25, 0.3) is 0 Å². The fourth-order valence-corrected chi connectivity index (χ4v) is 2.62. The van der Waals surface area contributed by atoms with Crippen LogP contribution >= 0.6 is 0 Å². The zero-order chi connectivity index (χ0) is 19.1. The molecule has 0 aliphatic carbocycles. The lowest BCUT2D eigenvalue weighted by molar-refractivity contribution is -0.115. The summed E-state index contributed by atoms with van der Waals surface area (Å²) in [6, 6.07) is 24.2. The molecule has 0 radical (unpaired) electrons. The van der Waals surface area contributed by atoms with Gasteiger partial charge in [0.1, 0.15) is 11.8 Å². The summed E-state index contributed by atoms with van der Waals surface area (Å²) in [5.41, 5.74) is 3.80. The van der Waals surface area contributed by atoms with E-state index in [0.717, 1.165) is 22.7 Å². The second kappa shape index (κ2) is 8.54. The van der Waals surface area contributed by atoms with Gasteiger partial charge >= 0.3 is 0 Å². The molecule has 0 saturated heterocycles. The Labute approximate surface area is 158 Å². The normalized spacial score (nSPS) is 9.93. The van der Waals surface area contributed by atoms with Gasteiger partial charge in [-0.15, -0.1) is 0 Å². The van der Waals surface area contributed by atoms with Gasteiger partial charge in [-0.2, -0.15) is 5.26 Å². The first kappa shape index (κ1) is 18.0. The first-order valence-corrected chi connectivity index (χ1v) is 8.47. The second-order valence-corrected chi connectivity index (χ2v) is 5.93. The van der Waals surface area contributed by atoms with Crippen molar-refractivity contribution < 1.29 is 9.53 Å². The maximum Gasteiger partial charge on any atom is 0.228 e. The molecule has 5 nitrogen and oxygen atoms in total. The molecule has 3 aromatic carbocycles. The zero-order valence-corrected chi connectivity index (χ0v) is 14.9. The van der Waals surface area contributed by atoms with Gasteiger partial charge in [-0.25, -0.2) is 0 Å². The van der Waals surface area contributed by atoms with Crippen molar-refractivity contribution in [2.45, 2.75) is 6.42 Å². The largest absolute Gasteiger partial charge is 0.497 e. The van der Waals surface area contributed by atoms with E-state index in [9.17, 15) is 4.79 Å². The van der Waals surface area contributed by atoms with E-state index >= 15 is 0 Å². The average Bonchev–Trinajstić information content (AvgIpc) is 2.70. The number of hydrogen-bond donors (Lipinski definition) is 2. The predicted octanol–water partition coefficient (Wildman–Crippen LogP) is 4.49. The number of nitrogens with zero attached hydrogens (tertiary/aromatic N) is 1. The molecule has 27 heavy (non-hydrogen) atoms. The quantitative estimate of drug-likeness (QED) is 0.681. The SMILES string of the molecule is COc1ccc(CC(=O)Nc2ccc(Nc3ccccc3C#N)cc2)cc1. The van der Waals surface area contributed by atoms with E-state index in [2.05, 4.69) is 16.7 Å². The molecular weight excluding hydrogens is 338 g/mol. The summed E-state index contributed by atoms with van der Waals surface area (Å²) < 4.78 is 5.11. The number of hydrogen-bond acceptors (Lipinski definition) is 4. The lowest BCUT2D eigenvalue weighted by atomic mass is 10.1. The van der Waals surface area contributed by atoms with Crippen LogP contribution in [0.2, 0.25) is 0 Å². The molecule has 0 heterocycles. The number of rotatable bonds is 6. The Balaban J connectivity index is 1.60. The molecule has 0 unspecified atom stereocenters. The summed E-state index contributed by atoms with van der Waals surface area (Å²) in [5.74, 6) is 0.677. The Morgan fingerprint density at radius 2 is 1.63 bits per heavy atom. The van der Waals surface area contributed by atoms with Gasteiger partial charge in [0.2, 0.25) is 5.91 Å². The minimum atomic E-state index is -0.0873. The fraction of sp³-hybridized carbons (Fsp3) is 0.0909. The Bertz CT molecular complexity index is 958. The van der Waals surface area contributed by atoms with Crippen LogP contribution < -0.4 is 15.4 Å².